The molecule has 0 unspecified atom stereocenters. The third-order valence-corrected chi connectivity index (χ3v) is 2.04. The lowest BCUT2D eigenvalue weighted by molar-refractivity contribution is 0.0978. The predicted octanol–water partition coefficient (Wildman–Crippen LogP) is 2.28. The van der Waals surface area contributed by atoms with Gasteiger partial charge in [0.2, 0.25) is 0 Å². The summed E-state index contributed by atoms with van der Waals surface area (Å²) < 4.78 is 25.5. The van der Waals surface area contributed by atoms with E-state index in [-0.39, 0.29) is 17.8 Å². The molecular weight excluding hydrogens is 200 g/mol. The molecule has 4 heteroatoms. The van der Waals surface area contributed by atoms with Gasteiger partial charge in [-0.25, -0.2) is 8.78 Å². The second kappa shape index (κ2) is 5.56. The van der Waals surface area contributed by atoms with Crippen LogP contribution in [-0.4, -0.2) is 12.3 Å². The Balaban J connectivity index is 2.65. The van der Waals surface area contributed by atoms with E-state index < -0.39 is 11.6 Å². The van der Waals surface area contributed by atoms with Crippen LogP contribution in [0.1, 0.15) is 29.6 Å². The summed E-state index contributed by atoms with van der Waals surface area (Å²) in [6, 6.07) is 2.85. The molecule has 0 heterocycles. The molecule has 0 aliphatic rings. The minimum atomic E-state index is -0.725. The van der Waals surface area contributed by atoms with Gasteiger partial charge >= 0.3 is 0 Å². The maximum atomic E-state index is 12.8. The summed E-state index contributed by atoms with van der Waals surface area (Å²) in [6.45, 7) is 0.519. The van der Waals surface area contributed by atoms with E-state index in [4.69, 9.17) is 5.73 Å². The normalized spacial score (nSPS) is 10.3. The zero-order valence-electron chi connectivity index (χ0n) is 8.30. The molecule has 0 spiro atoms. The van der Waals surface area contributed by atoms with Crippen LogP contribution in [0.3, 0.4) is 0 Å². The second-order valence-electron chi connectivity index (χ2n) is 3.33. The van der Waals surface area contributed by atoms with Gasteiger partial charge in [0.15, 0.2) is 5.78 Å². The first kappa shape index (κ1) is 11.8. The first-order chi connectivity index (χ1) is 7.13. The van der Waals surface area contributed by atoms with E-state index in [0.717, 1.165) is 24.6 Å². The highest BCUT2D eigenvalue weighted by Gasteiger charge is 2.08. The molecule has 0 saturated heterocycles. The highest BCUT2D eigenvalue weighted by atomic mass is 19.1. The van der Waals surface area contributed by atoms with Crippen molar-refractivity contribution in [1.29, 1.82) is 0 Å². The number of benzene rings is 1. The Hall–Kier alpha value is -1.29. The van der Waals surface area contributed by atoms with E-state index in [1.165, 1.54) is 0 Å². The summed E-state index contributed by atoms with van der Waals surface area (Å²) in [5.74, 6) is -1.70. The van der Waals surface area contributed by atoms with Crippen molar-refractivity contribution >= 4 is 5.78 Å². The van der Waals surface area contributed by atoms with E-state index in [2.05, 4.69) is 0 Å². The van der Waals surface area contributed by atoms with Gasteiger partial charge in [0.1, 0.15) is 11.6 Å². The molecule has 0 aliphatic heterocycles. The van der Waals surface area contributed by atoms with Crippen molar-refractivity contribution in [3.8, 4) is 0 Å². The standard InChI is InChI=1S/C11H13F2NO/c12-9-5-8(6-10(13)7-9)11(15)3-1-2-4-14/h5-7H,1-4,14H2. The predicted molar refractivity (Wildman–Crippen MR) is 53.6 cm³/mol. The van der Waals surface area contributed by atoms with E-state index in [1.54, 1.807) is 0 Å². The first-order valence-electron chi connectivity index (χ1n) is 4.83. The summed E-state index contributed by atoms with van der Waals surface area (Å²) in [5.41, 5.74) is 5.36. The van der Waals surface area contributed by atoms with Crippen molar-refractivity contribution in [2.75, 3.05) is 6.54 Å². The number of halogens is 2. The van der Waals surface area contributed by atoms with Gasteiger partial charge in [0.25, 0.3) is 0 Å². The van der Waals surface area contributed by atoms with Crippen LogP contribution in [0.15, 0.2) is 18.2 Å². The molecule has 0 atom stereocenters. The smallest absolute Gasteiger partial charge is 0.163 e. The molecule has 1 aromatic carbocycles. The minimum Gasteiger partial charge on any atom is -0.330 e. The van der Waals surface area contributed by atoms with Gasteiger partial charge in [-0.2, -0.15) is 0 Å². The number of Topliss-reactive ketones (excluding diaryl/α,β-unsaturated/α-hetero) is 1. The Bertz CT molecular complexity index is 332. The molecule has 0 saturated carbocycles. The quantitative estimate of drug-likeness (QED) is 0.602. The number of ketones is 1. The number of rotatable bonds is 5. The zero-order chi connectivity index (χ0) is 11.3. The number of carbonyl (C=O) groups is 1. The number of carbonyl (C=O) groups excluding carboxylic acids is 1. The zero-order valence-corrected chi connectivity index (χ0v) is 8.30. The van der Waals surface area contributed by atoms with Gasteiger partial charge in [-0.05, 0) is 31.5 Å². The Morgan fingerprint density at radius 1 is 1.13 bits per heavy atom. The van der Waals surface area contributed by atoms with Crippen LogP contribution >= 0.6 is 0 Å². The van der Waals surface area contributed by atoms with Gasteiger partial charge in [0, 0.05) is 18.1 Å². The third-order valence-electron chi connectivity index (χ3n) is 2.04. The molecule has 0 aromatic heterocycles. The molecule has 2 N–H and O–H groups in total. The fraction of sp³-hybridized carbons (Fsp3) is 0.364. The monoisotopic (exact) mass is 213 g/mol. The van der Waals surface area contributed by atoms with Crippen molar-refractivity contribution < 1.29 is 13.6 Å². The molecular formula is C11H13F2NO. The van der Waals surface area contributed by atoms with Crippen molar-refractivity contribution in [2.45, 2.75) is 19.3 Å². The lowest BCUT2D eigenvalue weighted by Crippen LogP contribution is -2.03. The van der Waals surface area contributed by atoms with Crippen molar-refractivity contribution in [1.82, 2.24) is 0 Å². The Morgan fingerprint density at radius 2 is 1.73 bits per heavy atom. The lowest BCUT2D eigenvalue weighted by atomic mass is 10.1. The fourth-order valence-electron chi connectivity index (χ4n) is 1.29. The summed E-state index contributed by atoms with van der Waals surface area (Å²) in [7, 11) is 0. The van der Waals surface area contributed by atoms with Crippen LogP contribution in [-0.2, 0) is 0 Å². The molecule has 15 heavy (non-hydrogen) atoms. The van der Waals surface area contributed by atoms with Crippen LogP contribution in [0.2, 0.25) is 0 Å². The number of unbranched alkanes of at least 4 members (excludes halogenated alkanes) is 1. The highest BCUT2D eigenvalue weighted by Crippen LogP contribution is 2.11. The molecule has 0 fully saturated rings. The van der Waals surface area contributed by atoms with Gasteiger partial charge in [-0.3, -0.25) is 4.79 Å². The second-order valence-corrected chi connectivity index (χ2v) is 3.33. The fourth-order valence-corrected chi connectivity index (χ4v) is 1.29. The summed E-state index contributed by atoms with van der Waals surface area (Å²) in [5, 5.41) is 0. The third kappa shape index (κ3) is 3.75. The number of hydrogen-bond donors (Lipinski definition) is 1. The van der Waals surface area contributed by atoms with Gasteiger partial charge in [-0.15, -0.1) is 0 Å². The Labute approximate surface area is 87.1 Å². The maximum absolute atomic E-state index is 12.8. The highest BCUT2D eigenvalue weighted by molar-refractivity contribution is 5.96. The topological polar surface area (TPSA) is 43.1 Å². The van der Waals surface area contributed by atoms with E-state index in [1.807, 2.05) is 0 Å². The van der Waals surface area contributed by atoms with Crippen molar-refractivity contribution in [3.05, 3.63) is 35.4 Å². The van der Waals surface area contributed by atoms with E-state index in [0.29, 0.717) is 13.0 Å². The van der Waals surface area contributed by atoms with Crippen molar-refractivity contribution in [2.24, 2.45) is 5.73 Å². The molecule has 0 aliphatic carbocycles. The molecule has 0 radical (unpaired) electrons. The summed E-state index contributed by atoms with van der Waals surface area (Å²) >= 11 is 0. The summed E-state index contributed by atoms with van der Waals surface area (Å²) in [6.07, 6.45) is 1.66. The van der Waals surface area contributed by atoms with Gasteiger partial charge < -0.3 is 5.73 Å². The molecule has 2 nitrogen and oxygen atoms in total. The molecule has 1 aromatic rings. The molecule has 82 valence electrons. The van der Waals surface area contributed by atoms with Crippen LogP contribution in [0.5, 0.6) is 0 Å². The minimum absolute atomic E-state index is 0.0875. The van der Waals surface area contributed by atoms with E-state index >= 15 is 0 Å². The van der Waals surface area contributed by atoms with E-state index in [9.17, 15) is 13.6 Å². The summed E-state index contributed by atoms with van der Waals surface area (Å²) in [4.78, 5) is 11.4. The van der Waals surface area contributed by atoms with Gasteiger partial charge in [0.05, 0.1) is 0 Å². The van der Waals surface area contributed by atoms with Crippen LogP contribution in [0.4, 0.5) is 8.78 Å². The number of hydrogen-bond acceptors (Lipinski definition) is 2. The van der Waals surface area contributed by atoms with Crippen LogP contribution in [0.25, 0.3) is 0 Å². The largest absolute Gasteiger partial charge is 0.330 e. The first-order valence-corrected chi connectivity index (χ1v) is 4.83. The van der Waals surface area contributed by atoms with Gasteiger partial charge in [-0.1, -0.05) is 0 Å². The van der Waals surface area contributed by atoms with Crippen LogP contribution < -0.4 is 5.73 Å². The average Bonchev–Trinajstić information content (AvgIpc) is 2.16. The molecule has 0 bridgehead atoms. The lowest BCUT2D eigenvalue weighted by Gasteiger charge is -2.01. The molecule has 1 rings (SSSR count). The average molecular weight is 213 g/mol. The Morgan fingerprint density at radius 3 is 2.27 bits per heavy atom. The molecule has 0 amide bonds. The Kier molecular flexibility index (Phi) is 4.37. The van der Waals surface area contributed by atoms with Crippen LogP contribution in [0, 0.1) is 11.6 Å². The maximum Gasteiger partial charge on any atom is 0.163 e. The SMILES string of the molecule is NCCCCC(=O)c1cc(F)cc(F)c1. The van der Waals surface area contributed by atoms with Crippen molar-refractivity contribution in [3.63, 3.8) is 0 Å². The number of nitrogens with two attached hydrogens (primary N) is 1.